The molecular weight excluding hydrogens is 360 g/mol. The summed E-state index contributed by atoms with van der Waals surface area (Å²) < 4.78 is 6.53. The summed E-state index contributed by atoms with van der Waals surface area (Å²) in [4.78, 5) is 23.9. The SMILES string of the molecule is CCOC(=O)N[C@@H](CO)C(=O)Nc1ccc2cnn(-c3cccc(C)c3)c2c1. The number of anilines is 1. The standard InChI is InChI=1S/C20H22N4O4/c1-3-28-20(27)23-17(12-25)19(26)22-15-8-7-14-11-21-24(18(14)10-15)16-6-4-5-13(2)9-16/h4-11,17,25H,3,12H2,1-2H3,(H,22,26)(H,23,27)/t17-/m0/s1. The number of benzene rings is 2. The average molecular weight is 382 g/mol. The third kappa shape index (κ3) is 4.29. The van der Waals surface area contributed by atoms with Gasteiger partial charge in [0.2, 0.25) is 5.91 Å². The number of rotatable bonds is 6. The van der Waals surface area contributed by atoms with Crippen LogP contribution >= 0.6 is 0 Å². The Morgan fingerprint density at radius 1 is 1.25 bits per heavy atom. The van der Waals surface area contributed by atoms with Gasteiger partial charge in [-0.1, -0.05) is 12.1 Å². The first-order valence-corrected chi connectivity index (χ1v) is 8.91. The lowest BCUT2D eigenvalue weighted by Crippen LogP contribution is -2.46. The van der Waals surface area contributed by atoms with Crippen molar-refractivity contribution in [2.45, 2.75) is 19.9 Å². The molecule has 1 aromatic heterocycles. The second-order valence-corrected chi connectivity index (χ2v) is 6.26. The van der Waals surface area contributed by atoms with E-state index in [0.717, 1.165) is 22.2 Å². The fourth-order valence-corrected chi connectivity index (χ4v) is 2.80. The van der Waals surface area contributed by atoms with Crippen LogP contribution in [0, 0.1) is 6.92 Å². The number of amides is 2. The number of ether oxygens (including phenoxy) is 1. The number of aliphatic hydroxyl groups excluding tert-OH is 1. The molecule has 0 aliphatic carbocycles. The van der Waals surface area contributed by atoms with Crippen LogP contribution in [0.15, 0.2) is 48.7 Å². The van der Waals surface area contributed by atoms with Gasteiger partial charge >= 0.3 is 6.09 Å². The maximum Gasteiger partial charge on any atom is 0.407 e. The first-order valence-electron chi connectivity index (χ1n) is 8.91. The minimum absolute atomic E-state index is 0.172. The van der Waals surface area contributed by atoms with Crippen molar-refractivity contribution < 1.29 is 19.4 Å². The molecule has 0 bridgehead atoms. The first-order chi connectivity index (χ1) is 13.5. The predicted octanol–water partition coefficient (Wildman–Crippen LogP) is 2.38. The average Bonchev–Trinajstić information content (AvgIpc) is 3.09. The third-order valence-corrected chi connectivity index (χ3v) is 4.15. The summed E-state index contributed by atoms with van der Waals surface area (Å²) in [6.07, 6.45) is 0.993. The van der Waals surface area contributed by atoms with Crippen molar-refractivity contribution in [3.8, 4) is 5.69 Å². The number of hydrogen-bond donors (Lipinski definition) is 3. The van der Waals surface area contributed by atoms with Gasteiger partial charge < -0.3 is 20.5 Å². The second kappa shape index (κ2) is 8.53. The van der Waals surface area contributed by atoms with Crippen LogP contribution in [0.5, 0.6) is 0 Å². The van der Waals surface area contributed by atoms with Gasteiger partial charge in [0.15, 0.2) is 0 Å². The summed E-state index contributed by atoms with van der Waals surface area (Å²) in [6, 6.07) is 12.2. The fourth-order valence-electron chi connectivity index (χ4n) is 2.80. The van der Waals surface area contributed by atoms with E-state index in [1.807, 2.05) is 37.3 Å². The zero-order valence-corrected chi connectivity index (χ0v) is 15.7. The third-order valence-electron chi connectivity index (χ3n) is 4.15. The smallest absolute Gasteiger partial charge is 0.407 e. The summed E-state index contributed by atoms with van der Waals surface area (Å²) in [5, 5.41) is 19.8. The van der Waals surface area contributed by atoms with Crippen molar-refractivity contribution in [2.75, 3.05) is 18.5 Å². The van der Waals surface area contributed by atoms with Gasteiger partial charge in [-0.15, -0.1) is 0 Å². The highest BCUT2D eigenvalue weighted by atomic mass is 16.5. The molecule has 0 radical (unpaired) electrons. The Labute approximate surface area is 162 Å². The monoisotopic (exact) mass is 382 g/mol. The van der Waals surface area contributed by atoms with Gasteiger partial charge in [-0.3, -0.25) is 4.79 Å². The maximum atomic E-state index is 12.4. The van der Waals surface area contributed by atoms with Crippen LogP contribution in [0.2, 0.25) is 0 Å². The molecular formula is C20H22N4O4. The number of nitrogens with one attached hydrogen (secondary N) is 2. The molecule has 2 amide bonds. The molecule has 3 aromatic rings. The van der Waals surface area contributed by atoms with Crippen molar-refractivity contribution in [1.29, 1.82) is 0 Å². The lowest BCUT2D eigenvalue weighted by molar-refractivity contribution is -0.118. The molecule has 1 heterocycles. The first kappa shape index (κ1) is 19.4. The second-order valence-electron chi connectivity index (χ2n) is 6.26. The Hall–Kier alpha value is -3.39. The minimum Gasteiger partial charge on any atom is -0.450 e. The summed E-state index contributed by atoms with van der Waals surface area (Å²) in [5.74, 6) is -0.545. The number of aliphatic hydroxyl groups is 1. The number of hydrogen-bond acceptors (Lipinski definition) is 5. The van der Waals surface area contributed by atoms with Crippen molar-refractivity contribution in [3.63, 3.8) is 0 Å². The number of carbonyl (C=O) groups is 2. The normalized spacial score (nSPS) is 11.8. The molecule has 146 valence electrons. The molecule has 1 atom stereocenters. The van der Waals surface area contributed by atoms with Crippen LogP contribution in [-0.2, 0) is 9.53 Å². The van der Waals surface area contributed by atoms with Crippen LogP contribution in [-0.4, -0.2) is 46.1 Å². The number of nitrogens with zero attached hydrogens (tertiary/aromatic N) is 2. The maximum absolute atomic E-state index is 12.4. The van der Waals surface area contributed by atoms with Crippen LogP contribution in [0.3, 0.4) is 0 Å². The lowest BCUT2D eigenvalue weighted by Gasteiger charge is -2.16. The van der Waals surface area contributed by atoms with Crippen molar-refractivity contribution in [1.82, 2.24) is 15.1 Å². The largest absolute Gasteiger partial charge is 0.450 e. The zero-order valence-electron chi connectivity index (χ0n) is 15.7. The Morgan fingerprint density at radius 3 is 2.79 bits per heavy atom. The molecule has 3 rings (SSSR count). The summed E-state index contributed by atoms with van der Waals surface area (Å²) in [5.41, 5.74) is 3.37. The molecule has 28 heavy (non-hydrogen) atoms. The van der Waals surface area contributed by atoms with Crippen LogP contribution in [0.25, 0.3) is 16.6 Å². The number of alkyl carbamates (subject to hydrolysis) is 1. The molecule has 0 unspecified atom stereocenters. The van der Waals surface area contributed by atoms with E-state index in [1.54, 1.807) is 29.9 Å². The van der Waals surface area contributed by atoms with Crippen molar-refractivity contribution in [3.05, 3.63) is 54.2 Å². The number of carbonyl (C=O) groups excluding carboxylic acids is 2. The van der Waals surface area contributed by atoms with Crippen LogP contribution in [0.1, 0.15) is 12.5 Å². The Bertz CT molecular complexity index is 999. The summed E-state index contributed by atoms with van der Waals surface area (Å²) in [7, 11) is 0. The molecule has 3 N–H and O–H groups in total. The molecule has 0 saturated heterocycles. The Morgan fingerprint density at radius 2 is 2.07 bits per heavy atom. The molecule has 0 aliphatic rings. The van der Waals surface area contributed by atoms with Crippen LogP contribution < -0.4 is 10.6 Å². The Balaban J connectivity index is 1.83. The van der Waals surface area contributed by atoms with E-state index in [-0.39, 0.29) is 6.61 Å². The van der Waals surface area contributed by atoms with E-state index in [9.17, 15) is 14.7 Å². The van der Waals surface area contributed by atoms with E-state index in [1.165, 1.54) is 0 Å². The molecule has 2 aromatic carbocycles. The number of aromatic nitrogens is 2. The van der Waals surface area contributed by atoms with E-state index < -0.39 is 24.6 Å². The molecule has 0 aliphatic heterocycles. The zero-order chi connectivity index (χ0) is 20.1. The van der Waals surface area contributed by atoms with Gasteiger partial charge in [0, 0.05) is 11.1 Å². The van der Waals surface area contributed by atoms with Gasteiger partial charge in [-0.05, 0) is 49.7 Å². The van der Waals surface area contributed by atoms with E-state index in [0.29, 0.717) is 5.69 Å². The lowest BCUT2D eigenvalue weighted by atomic mass is 10.2. The van der Waals surface area contributed by atoms with Crippen molar-refractivity contribution >= 4 is 28.6 Å². The summed E-state index contributed by atoms with van der Waals surface area (Å²) >= 11 is 0. The highest BCUT2D eigenvalue weighted by Crippen LogP contribution is 2.22. The minimum atomic E-state index is -1.11. The van der Waals surface area contributed by atoms with E-state index >= 15 is 0 Å². The van der Waals surface area contributed by atoms with Gasteiger partial charge in [-0.25, -0.2) is 9.48 Å². The molecule has 0 fully saturated rings. The predicted molar refractivity (Wildman–Crippen MR) is 105 cm³/mol. The quantitative estimate of drug-likeness (QED) is 0.607. The highest BCUT2D eigenvalue weighted by molar-refractivity contribution is 5.98. The molecule has 0 saturated carbocycles. The molecule has 8 nitrogen and oxygen atoms in total. The van der Waals surface area contributed by atoms with Gasteiger partial charge in [0.25, 0.3) is 0 Å². The van der Waals surface area contributed by atoms with E-state index in [2.05, 4.69) is 15.7 Å². The highest BCUT2D eigenvalue weighted by Gasteiger charge is 2.21. The van der Waals surface area contributed by atoms with Crippen LogP contribution in [0.4, 0.5) is 10.5 Å². The van der Waals surface area contributed by atoms with E-state index in [4.69, 9.17) is 4.74 Å². The topological polar surface area (TPSA) is 105 Å². The number of fused-ring (bicyclic) bond motifs is 1. The number of aryl methyl sites for hydroxylation is 1. The summed E-state index contributed by atoms with van der Waals surface area (Å²) in [6.45, 7) is 3.28. The molecule has 0 spiro atoms. The fraction of sp³-hybridized carbons (Fsp3) is 0.250. The van der Waals surface area contributed by atoms with Gasteiger partial charge in [0.1, 0.15) is 6.04 Å². The van der Waals surface area contributed by atoms with Gasteiger partial charge in [-0.2, -0.15) is 5.10 Å². The Kier molecular flexibility index (Phi) is 5.90. The molecule has 8 heteroatoms. The van der Waals surface area contributed by atoms with Gasteiger partial charge in [0.05, 0.1) is 30.6 Å². The van der Waals surface area contributed by atoms with Crippen molar-refractivity contribution in [2.24, 2.45) is 0 Å².